The molecule has 0 bridgehead atoms. The van der Waals surface area contributed by atoms with E-state index in [1.807, 2.05) is 0 Å². The summed E-state index contributed by atoms with van der Waals surface area (Å²) in [6.45, 7) is 3.39. The quantitative estimate of drug-likeness (QED) is 0.941. The van der Waals surface area contributed by atoms with Crippen LogP contribution in [0, 0.1) is 5.82 Å². The van der Waals surface area contributed by atoms with Crippen LogP contribution in [0.4, 0.5) is 4.39 Å². The smallest absolute Gasteiger partial charge is 0.218 e. The van der Waals surface area contributed by atoms with E-state index in [-0.39, 0.29) is 21.8 Å². The van der Waals surface area contributed by atoms with Crippen LogP contribution in [0.25, 0.3) is 5.69 Å². The molecule has 0 saturated heterocycles. The number of aromatic nitrogens is 2. The number of hydrogen-bond acceptors (Lipinski definition) is 3. The van der Waals surface area contributed by atoms with Crippen molar-refractivity contribution in [2.45, 2.75) is 24.9 Å². The third-order valence-corrected chi connectivity index (χ3v) is 4.29. The molecule has 0 saturated carbocycles. The molecule has 0 aliphatic heterocycles. The standard InChI is InChI=1S/C12H13ClFN3O2S/c1-8(2)16-20(18,19)12-5-6-15-17(12)11-4-3-9(13)7-10(11)14/h3-8,16H,1-2H3. The summed E-state index contributed by atoms with van der Waals surface area (Å²) in [7, 11) is -3.77. The molecule has 8 heteroatoms. The Morgan fingerprint density at radius 3 is 2.65 bits per heavy atom. The fourth-order valence-electron chi connectivity index (χ4n) is 1.70. The van der Waals surface area contributed by atoms with Crippen molar-refractivity contribution in [3.8, 4) is 5.69 Å². The zero-order valence-corrected chi connectivity index (χ0v) is 12.4. The van der Waals surface area contributed by atoms with E-state index < -0.39 is 15.8 Å². The second-order valence-corrected chi connectivity index (χ2v) is 6.55. The average Bonchev–Trinajstić information content (AvgIpc) is 2.76. The lowest BCUT2D eigenvalue weighted by Gasteiger charge is -2.12. The predicted molar refractivity (Wildman–Crippen MR) is 74.0 cm³/mol. The van der Waals surface area contributed by atoms with Gasteiger partial charge < -0.3 is 0 Å². The van der Waals surface area contributed by atoms with Gasteiger partial charge in [0.25, 0.3) is 10.0 Å². The molecule has 1 heterocycles. The predicted octanol–water partition coefficient (Wildman–Crippen LogP) is 2.35. The first-order valence-corrected chi connectivity index (χ1v) is 7.69. The highest BCUT2D eigenvalue weighted by Gasteiger charge is 2.22. The van der Waals surface area contributed by atoms with E-state index >= 15 is 0 Å². The van der Waals surface area contributed by atoms with Crippen LogP contribution in [0.2, 0.25) is 5.02 Å². The maximum absolute atomic E-state index is 13.9. The van der Waals surface area contributed by atoms with Crippen molar-refractivity contribution in [3.63, 3.8) is 0 Å². The van der Waals surface area contributed by atoms with Crippen LogP contribution < -0.4 is 4.72 Å². The van der Waals surface area contributed by atoms with E-state index in [0.29, 0.717) is 0 Å². The van der Waals surface area contributed by atoms with E-state index in [0.717, 1.165) is 10.7 Å². The first-order valence-electron chi connectivity index (χ1n) is 5.83. The summed E-state index contributed by atoms with van der Waals surface area (Å²) in [5.74, 6) is -0.651. The molecule has 108 valence electrons. The van der Waals surface area contributed by atoms with E-state index in [4.69, 9.17) is 11.6 Å². The number of nitrogens with zero attached hydrogens (tertiary/aromatic N) is 2. The second-order valence-electron chi connectivity index (χ2n) is 4.45. The van der Waals surface area contributed by atoms with E-state index in [2.05, 4.69) is 9.82 Å². The molecule has 1 aromatic carbocycles. The molecule has 0 atom stereocenters. The topological polar surface area (TPSA) is 64.0 Å². The first kappa shape index (κ1) is 15.0. The van der Waals surface area contributed by atoms with Gasteiger partial charge in [0.05, 0.1) is 6.20 Å². The molecular formula is C12H13ClFN3O2S. The van der Waals surface area contributed by atoms with E-state index in [1.54, 1.807) is 13.8 Å². The normalized spacial score (nSPS) is 12.1. The van der Waals surface area contributed by atoms with E-state index in [1.165, 1.54) is 24.4 Å². The Balaban J connectivity index is 2.54. The molecule has 0 aliphatic carbocycles. The summed E-state index contributed by atoms with van der Waals surface area (Å²) < 4.78 is 41.6. The third-order valence-electron chi connectivity index (χ3n) is 2.41. The molecule has 0 aliphatic rings. The van der Waals surface area contributed by atoms with Crippen molar-refractivity contribution in [1.82, 2.24) is 14.5 Å². The van der Waals surface area contributed by atoms with Crippen molar-refractivity contribution in [3.05, 3.63) is 41.3 Å². The summed E-state index contributed by atoms with van der Waals surface area (Å²) in [6, 6.07) is 4.97. The Labute approximate surface area is 121 Å². The van der Waals surface area contributed by atoms with Gasteiger partial charge in [-0.15, -0.1) is 0 Å². The molecule has 2 aromatic rings. The maximum Gasteiger partial charge on any atom is 0.258 e. The molecule has 2 rings (SSSR count). The zero-order chi connectivity index (χ0) is 14.9. The number of nitrogens with one attached hydrogen (secondary N) is 1. The van der Waals surface area contributed by atoms with Crippen molar-refractivity contribution < 1.29 is 12.8 Å². The van der Waals surface area contributed by atoms with Crippen LogP contribution in [0.5, 0.6) is 0 Å². The zero-order valence-electron chi connectivity index (χ0n) is 10.8. The van der Waals surface area contributed by atoms with Crippen LogP contribution in [0.15, 0.2) is 35.5 Å². The summed E-state index contributed by atoms with van der Waals surface area (Å²) in [6.07, 6.45) is 1.29. The van der Waals surface area contributed by atoms with Crippen LogP contribution in [0.1, 0.15) is 13.8 Å². The van der Waals surface area contributed by atoms with Crippen LogP contribution >= 0.6 is 11.6 Å². The minimum atomic E-state index is -3.77. The van der Waals surface area contributed by atoms with Gasteiger partial charge >= 0.3 is 0 Å². The summed E-state index contributed by atoms with van der Waals surface area (Å²) in [5.41, 5.74) is 0.0172. The molecule has 5 nitrogen and oxygen atoms in total. The summed E-state index contributed by atoms with van der Waals surface area (Å²) in [4.78, 5) is 0. The highest BCUT2D eigenvalue weighted by molar-refractivity contribution is 7.89. The number of sulfonamides is 1. The van der Waals surface area contributed by atoms with Gasteiger partial charge in [0, 0.05) is 11.1 Å². The lowest BCUT2D eigenvalue weighted by molar-refractivity contribution is 0.555. The lowest BCUT2D eigenvalue weighted by atomic mass is 10.3. The first-order chi connectivity index (χ1) is 9.31. The Kier molecular flexibility index (Phi) is 4.12. The number of benzene rings is 1. The molecule has 1 N–H and O–H groups in total. The third kappa shape index (κ3) is 3.00. The van der Waals surface area contributed by atoms with Gasteiger partial charge in [0.15, 0.2) is 5.03 Å². The lowest BCUT2D eigenvalue weighted by Crippen LogP contribution is -2.31. The summed E-state index contributed by atoms with van der Waals surface area (Å²) >= 11 is 5.68. The molecule has 1 aromatic heterocycles. The van der Waals surface area contributed by atoms with Crippen molar-refractivity contribution >= 4 is 21.6 Å². The van der Waals surface area contributed by atoms with Gasteiger partial charge in [0.1, 0.15) is 11.5 Å². The number of rotatable bonds is 4. The van der Waals surface area contributed by atoms with Gasteiger partial charge in [-0.2, -0.15) is 5.10 Å². The largest absolute Gasteiger partial charge is 0.258 e. The highest BCUT2D eigenvalue weighted by atomic mass is 35.5. The minimum Gasteiger partial charge on any atom is -0.218 e. The number of hydrogen-bond donors (Lipinski definition) is 1. The maximum atomic E-state index is 13.9. The Bertz CT molecular complexity index is 728. The van der Waals surface area contributed by atoms with Gasteiger partial charge in [-0.1, -0.05) is 11.6 Å². The van der Waals surface area contributed by atoms with Crippen molar-refractivity contribution in [1.29, 1.82) is 0 Å². The van der Waals surface area contributed by atoms with E-state index in [9.17, 15) is 12.8 Å². The molecule has 0 spiro atoms. The molecule has 0 unspecified atom stereocenters. The Morgan fingerprint density at radius 2 is 2.05 bits per heavy atom. The second kappa shape index (κ2) is 5.51. The van der Waals surface area contributed by atoms with Gasteiger partial charge in [0.2, 0.25) is 0 Å². The fourth-order valence-corrected chi connectivity index (χ4v) is 3.21. The van der Waals surface area contributed by atoms with Crippen molar-refractivity contribution in [2.24, 2.45) is 0 Å². The van der Waals surface area contributed by atoms with Crippen LogP contribution in [0.3, 0.4) is 0 Å². The number of halogens is 2. The fraction of sp³-hybridized carbons (Fsp3) is 0.250. The molecule has 0 fully saturated rings. The van der Waals surface area contributed by atoms with Gasteiger partial charge in [-0.3, -0.25) is 0 Å². The van der Waals surface area contributed by atoms with Gasteiger partial charge in [-0.05, 0) is 38.1 Å². The Morgan fingerprint density at radius 1 is 1.35 bits per heavy atom. The average molecular weight is 318 g/mol. The SMILES string of the molecule is CC(C)NS(=O)(=O)c1ccnn1-c1ccc(Cl)cc1F. The molecular weight excluding hydrogens is 305 g/mol. The van der Waals surface area contributed by atoms with Crippen LogP contribution in [-0.4, -0.2) is 24.2 Å². The monoisotopic (exact) mass is 317 g/mol. The summed E-state index contributed by atoms with van der Waals surface area (Å²) in [5, 5.41) is 3.96. The van der Waals surface area contributed by atoms with Crippen molar-refractivity contribution in [2.75, 3.05) is 0 Å². The Hall–Kier alpha value is -1.44. The molecule has 0 radical (unpaired) electrons. The minimum absolute atomic E-state index is 0.0172. The highest BCUT2D eigenvalue weighted by Crippen LogP contribution is 2.21. The van der Waals surface area contributed by atoms with Gasteiger partial charge in [-0.25, -0.2) is 22.2 Å². The van der Waals surface area contributed by atoms with Crippen LogP contribution in [-0.2, 0) is 10.0 Å². The molecule has 0 amide bonds. The molecule has 20 heavy (non-hydrogen) atoms.